The highest BCUT2D eigenvalue weighted by Gasteiger charge is 2.46. The molecule has 1 aliphatic heterocycles. The minimum Gasteiger partial charge on any atom is -0.478 e. The third-order valence-electron chi connectivity index (χ3n) is 5.79. The molecule has 3 N–H and O–H groups in total. The molecule has 0 saturated carbocycles. The fourth-order valence-electron chi connectivity index (χ4n) is 4.34. The maximum Gasteiger partial charge on any atom is 0.213 e. The van der Waals surface area contributed by atoms with Gasteiger partial charge in [-0.1, -0.05) is 24.3 Å². The third kappa shape index (κ3) is 3.83. The molecule has 0 spiro atoms. The van der Waals surface area contributed by atoms with Crippen molar-refractivity contribution in [1.29, 1.82) is 0 Å². The molecule has 3 aromatic heterocycles. The number of fused-ring (bicyclic) bond motifs is 1. The number of pyridine rings is 2. The molecule has 0 saturated heterocycles. The lowest BCUT2D eigenvalue weighted by molar-refractivity contribution is 0.279. The minimum atomic E-state index is -0.782. The van der Waals surface area contributed by atoms with Gasteiger partial charge in [0.15, 0.2) is 0 Å². The van der Waals surface area contributed by atoms with E-state index >= 15 is 0 Å². The van der Waals surface area contributed by atoms with E-state index in [4.69, 9.17) is 10.5 Å². The number of alkyl halides is 1. The summed E-state index contributed by atoms with van der Waals surface area (Å²) >= 11 is 0. The van der Waals surface area contributed by atoms with Gasteiger partial charge in [-0.05, 0) is 34.9 Å². The van der Waals surface area contributed by atoms with E-state index in [0.717, 1.165) is 33.5 Å². The summed E-state index contributed by atoms with van der Waals surface area (Å²) in [6.45, 7) is -0.177. The number of rotatable bonds is 7. The summed E-state index contributed by atoms with van der Waals surface area (Å²) < 4.78 is 18.2. The van der Waals surface area contributed by atoms with Gasteiger partial charge in [0.2, 0.25) is 5.88 Å². The molecule has 8 heteroatoms. The van der Waals surface area contributed by atoms with Crippen LogP contribution in [0.15, 0.2) is 79.6 Å². The van der Waals surface area contributed by atoms with Crippen LogP contribution in [0.25, 0.3) is 11.1 Å². The lowest BCUT2D eigenvalue weighted by Crippen LogP contribution is -2.42. The topological polar surface area (TPSA) is 98.8 Å². The largest absolute Gasteiger partial charge is 0.478 e. The van der Waals surface area contributed by atoms with Gasteiger partial charge < -0.3 is 10.5 Å². The van der Waals surface area contributed by atoms with E-state index in [1.807, 2.05) is 36.4 Å². The molecule has 4 heterocycles. The summed E-state index contributed by atoms with van der Waals surface area (Å²) in [5, 5.41) is 3.58. The maximum atomic E-state index is 12.5. The summed E-state index contributed by atoms with van der Waals surface area (Å²) in [6, 6.07) is 15.9. The van der Waals surface area contributed by atoms with Crippen LogP contribution in [0.4, 0.5) is 4.39 Å². The minimum absolute atomic E-state index is 0.258. The lowest BCUT2D eigenvalue weighted by Gasteiger charge is -2.33. The monoisotopic (exact) mass is 442 g/mol. The summed E-state index contributed by atoms with van der Waals surface area (Å²) in [7, 11) is 0. The van der Waals surface area contributed by atoms with Crippen LogP contribution in [-0.2, 0) is 5.54 Å². The molecule has 0 bridgehead atoms. The number of nitrogens with one attached hydrogen (secondary N) is 1. The molecular formula is C25H23FN6O. The molecule has 2 unspecified atom stereocenters. The van der Waals surface area contributed by atoms with Gasteiger partial charge in [-0.3, -0.25) is 14.7 Å². The quantitative estimate of drug-likeness (QED) is 0.423. The van der Waals surface area contributed by atoms with E-state index in [1.165, 1.54) is 6.33 Å². The number of aromatic nitrogens is 4. The van der Waals surface area contributed by atoms with Gasteiger partial charge in [-0.25, -0.2) is 15.0 Å². The predicted molar refractivity (Wildman–Crippen MR) is 122 cm³/mol. The number of ether oxygens (including phenoxy) is 1. The highest BCUT2D eigenvalue weighted by Crippen LogP contribution is 2.45. The lowest BCUT2D eigenvalue weighted by atomic mass is 9.78. The second-order valence-electron chi connectivity index (χ2n) is 7.79. The first-order valence-electron chi connectivity index (χ1n) is 10.7. The average Bonchev–Trinajstić information content (AvgIpc) is 3.19. The Labute approximate surface area is 190 Å². The van der Waals surface area contributed by atoms with Crippen LogP contribution in [-0.4, -0.2) is 33.2 Å². The van der Waals surface area contributed by atoms with Crippen LogP contribution < -0.4 is 15.8 Å². The third-order valence-corrected chi connectivity index (χ3v) is 5.79. The Kier molecular flexibility index (Phi) is 5.77. The number of hydrogen-bond acceptors (Lipinski definition) is 7. The van der Waals surface area contributed by atoms with Crippen molar-refractivity contribution in [3.63, 3.8) is 0 Å². The number of nitrogens with two attached hydrogens (primary N) is 1. The summed E-state index contributed by atoms with van der Waals surface area (Å²) in [5.41, 5.74) is 11.2. The van der Waals surface area contributed by atoms with Gasteiger partial charge in [0.25, 0.3) is 0 Å². The second kappa shape index (κ2) is 9.01. The summed E-state index contributed by atoms with van der Waals surface area (Å²) in [4.78, 5) is 17.2. The van der Waals surface area contributed by atoms with E-state index in [1.54, 1.807) is 24.8 Å². The number of nitrogens with zero attached hydrogens (tertiary/aromatic N) is 4. The zero-order chi connectivity index (χ0) is 22.7. The Bertz CT molecular complexity index is 1250. The van der Waals surface area contributed by atoms with Gasteiger partial charge in [-0.2, -0.15) is 0 Å². The van der Waals surface area contributed by atoms with Crippen LogP contribution in [0.1, 0.15) is 35.0 Å². The standard InChI is InChI=1S/C25H23FN6O/c26-8-3-11-33-22-13-20(7-10-30-22)25(21-6-2-9-31-23(21)24(27)32-25)19-5-1-4-17(12-19)18-14-28-16-29-15-18/h1-2,4-7,9-10,12-16,24,32H,3,8,11,27H2. The first-order valence-corrected chi connectivity index (χ1v) is 10.7. The zero-order valence-corrected chi connectivity index (χ0v) is 17.9. The van der Waals surface area contributed by atoms with Crippen molar-refractivity contribution in [2.75, 3.05) is 13.3 Å². The second-order valence-corrected chi connectivity index (χ2v) is 7.79. The van der Waals surface area contributed by atoms with Crippen molar-refractivity contribution in [3.8, 4) is 17.0 Å². The molecule has 33 heavy (non-hydrogen) atoms. The van der Waals surface area contributed by atoms with Gasteiger partial charge in [0.1, 0.15) is 12.5 Å². The highest BCUT2D eigenvalue weighted by atomic mass is 19.1. The van der Waals surface area contributed by atoms with Gasteiger partial charge in [0, 0.05) is 48.4 Å². The summed E-state index contributed by atoms with van der Waals surface area (Å²) in [6.07, 6.45) is 8.36. The Balaban J connectivity index is 1.68. The van der Waals surface area contributed by atoms with Gasteiger partial charge >= 0.3 is 0 Å². The van der Waals surface area contributed by atoms with Crippen LogP contribution >= 0.6 is 0 Å². The fraction of sp³-hybridized carbons (Fsp3) is 0.200. The Hall–Kier alpha value is -3.75. The Morgan fingerprint density at radius 1 is 0.970 bits per heavy atom. The van der Waals surface area contributed by atoms with Crippen LogP contribution in [0.3, 0.4) is 0 Å². The molecule has 4 aromatic rings. The van der Waals surface area contributed by atoms with Crippen molar-refractivity contribution in [1.82, 2.24) is 25.3 Å². The SMILES string of the molecule is NC1NC(c2cccc(-c3cncnc3)c2)(c2ccnc(OCCCF)c2)c2cccnc21. The normalized spacial score (nSPS) is 19.3. The zero-order valence-electron chi connectivity index (χ0n) is 17.9. The van der Waals surface area contributed by atoms with Crippen LogP contribution in [0, 0.1) is 0 Å². The first-order chi connectivity index (χ1) is 16.2. The van der Waals surface area contributed by atoms with Crippen molar-refractivity contribution in [2.45, 2.75) is 18.1 Å². The van der Waals surface area contributed by atoms with E-state index in [9.17, 15) is 4.39 Å². The van der Waals surface area contributed by atoms with Crippen molar-refractivity contribution in [3.05, 3.63) is 102 Å². The number of hydrogen-bond donors (Lipinski definition) is 2. The van der Waals surface area contributed by atoms with Crippen LogP contribution in [0.2, 0.25) is 0 Å². The molecule has 0 aliphatic carbocycles. The average molecular weight is 442 g/mol. The molecule has 2 atom stereocenters. The number of benzene rings is 1. The van der Waals surface area contributed by atoms with E-state index in [2.05, 4.69) is 37.4 Å². The van der Waals surface area contributed by atoms with E-state index < -0.39 is 18.4 Å². The van der Waals surface area contributed by atoms with Gasteiger partial charge in [-0.15, -0.1) is 0 Å². The maximum absolute atomic E-state index is 12.5. The molecule has 166 valence electrons. The predicted octanol–water partition coefficient (Wildman–Crippen LogP) is 3.52. The molecule has 0 amide bonds. The Morgan fingerprint density at radius 2 is 1.82 bits per heavy atom. The molecule has 0 radical (unpaired) electrons. The van der Waals surface area contributed by atoms with Gasteiger partial charge in [0.05, 0.1) is 24.5 Å². The molecule has 7 nitrogen and oxygen atoms in total. The van der Waals surface area contributed by atoms with E-state index in [-0.39, 0.29) is 6.61 Å². The molecule has 0 fully saturated rings. The molecule has 5 rings (SSSR count). The number of halogens is 1. The fourth-order valence-corrected chi connectivity index (χ4v) is 4.34. The first kappa shape index (κ1) is 21.1. The van der Waals surface area contributed by atoms with E-state index in [0.29, 0.717) is 12.3 Å². The highest BCUT2D eigenvalue weighted by molar-refractivity contribution is 5.65. The molecule has 1 aliphatic rings. The molecule has 1 aromatic carbocycles. The Morgan fingerprint density at radius 3 is 2.67 bits per heavy atom. The summed E-state index contributed by atoms with van der Waals surface area (Å²) in [5.74, 6) is 0.431. The van der Waals surface area contributed by atoms with Crippen molar-refractivity contribution in [2.24, 2.45) is 5.73 Å². The van der Waals surface area contributed by atoms with Crippen molar-refractivity contribution >= 4 is 0 Å². The van der Waals surface area contributed by atoms with Crippen molar-refractivity contribution < 1.29 is 9.13 Å². The van der Waals surface area contributed by atoms with Crippen LogP contribution in [0.5, 0.6) is 5.88 Å². The molecular weight excluding hydrogens is 419 g/mol. The smallest absolute Gasteiger partial charge is 0.213 e.